The molecule has 142 valence electrons. The lowest BCUT2D eigenvalue weighted by molar-refractivity contribution is -0.142. The van der Waals surface area contributed by atoms with Gasteiger partial charge in [-0.3, -0.25) is 14.3 Å². The van der Waals surface area contributed by atoms with E-state index in [1.165, 1.54) is 0 Å². The molecule has 0 radical (unpaired) electrons. The molecule has 1 aromatic carbocycles. The van der Waals surface area contributed by atoms with Crippen LogP contribution in [0.2, 0.25) is 0 Å². The second-order valence-corrected chi connectivity index (χ2v) is 7.02. The molecular formula is C20H24N4O3. The molecule has 27 heavy (non-hydrogen) atoms. The zero-order chi connectivity index (χ0) is 18.6. The van der Waals surface area contributed by atoms with Crippen molar-refractivity contribution in [2.45, 2.75) is 25.5 Å². The van der Waals surface area contributed by atoms with Crippen LogP contribution in [0.1, 0.15) is 28.8 Å². The number of aromatic nitrogens is 2. The number of carbonyl (C=O) groups excluding carboxylic acids is 2. The summed E-state index contributed by atoms with van der Waals surface area (Å²) in [5.41, 5.74) is 1.72. The van der Waals surface area contributed by atoms with Gasteiger partial charge in [0.15, 0.2) is 0 Å². The number of benzene rings is 1. The van der Waals surface area contributed by atoms with Gasteiger partial charge in [0.05, 0.1) is 6.54 Å². The van der Waals surface area contributed by atoms with Crippen molar-refractivity contribution in [3.8, 4) is 0 Å². The highest BCUT2D eigenvalue weighted by atomic mass is 16.5. The van der Waals surface area contributed by atoms with Gasteiger partial charge in [-0.1, -0.05) is 12.1 Å². The second kappa shape index (κ2) is 7.92. The van der Waals surface area contributed by atoms with Gasteiger partial charge in [-0.05, 0) is 36.6 Å². The summed E-state index contributed by atoms with van der Waals surface area (Å²) in [6.45, 7) is 3.55. The molecule has 0 aliphatic carbocycles. The third-order valence-electron chi connectivity index (χ3n) is 5.16. The standard InChI is InChI=1S/C20H24N4O3/c25-19(17-5-1-4-16(14-17)15-24-8-3-7-21-24)22-9-11-23(12-10-22)20(26)18-6-2-13-27-18/h1,3-5,7-8,14,18H,2,6,9-13,15H2/t18-/m1/s1. The molecule has 2 saturated heterocycles. The molecule has 3 heterocycles. The highest BCUT2D eigenvalue weighted by Crippen LogP contribution is 2.17. The van der Waals surface area contributed by atoms with Gasteiger partial charge in [-0.2, -0.15) is 5.10 Å². The molecule has 7 nitrogen and oxygen atoms in total. The van der Waals surface area contributed by atoms with E-state index in [0.717, 1.165) is 18.4 Å². The van der Waals surface area contributed by atoms with E-state index < -0.39 is 0 Å². The maximum Gasteiger partial charge on any atom is 0.253 e. The summed E-state index contributed by atoms with van der Waals surface area (Å²) in [4.78, 5) is 28.9. The summed E-state index contributed by atoms with van der Waals surface area (Å²) in [5.74, 6) is 0.0855. The van der Waals surface area contributed by atoms with Crippen molar-refractivity contribution in [2.75, 3.05) is 32.8 Å². The molecular weight excluding hydrogens is 344 g/mol. The van der Waals surface area contributed by atoms with Gasteiger partial charge >= 0.3 is 0 Å². The molecule has 2 fully saturated rings. The number of nitrogens with zero attached hydrogens (tertiary/aromatic N) is 4. The van der Waals surface area contributed by atoms with Crippen LogP contribution in [0.4, 0.5) is 0 Å². The third kappa shape index (κ3) is 4.03. The Bertz CT molecular complexity index is 791. The Morgan fingerprint density at radius 2 is 1.93 bits per heavy atom. The summed E-state index contributed by atoms with van der Waals surface area (Å²) in [6, 6.07) is 9.55. The molecule has 2 amide bonds. The number of hydrogen-bond donors (Lipinski definition) is 0. The van der Waals surface area contributed by atoms with Gasteiger partial charge in [0.25, 0.3) is 11.8 Å². The Kier molecular flexibility index (Phi) is 5.20. The first-order valence-corrected chi connectivity index (χ1v) is 9.47. The molecule has 2 aliphatic heterocycles. The fourth-order valence-corrected chi connectivity index (χ4v) is 3.67. The van der Waals surface area contributed by atoms with Crippen molar-refractivity contribution in [2.24, 2.45) is 0 Å². The summed E-state index contributed by atoms with van der Waals surface area (Å²) in [7, 11) is 0. The molecule has 0 unspecified atom stereocenters. The van der Waals surface area contributed by atoms with Crippen LogP contribution in [-0.4, -0.2) is 70.3 Å². The first-order valence-electron chi connectivity index (χ1n) is 9.47. The second-order valence-electron chi connectivity index (χ2n) is 7.02. The molecule has 2 aromatic rings. The van der Waals surface area contributed by atoms with Crippen LogP contribution in [0.5, 0.6) is 0 Å². The van der Waals surface area contributed by atoms with Crippen molar-refractivity contribution in [1.29, 1.82) is 0 Å². The number of hydrogen-bond acceptors (Lipinski definition) is 4. The smallest absolute Gasteiger partial charge is 0.253 e. The predicted octanol–water partition coefficient (Wildman–Crippen LogP) is 1.39. The van der Waals surface area contributed by atoms with E-state index in [1.807, 2.05) is 51.0 Å². The molecule has 1 atom stereocenters. The minimum absolute atomic E-state index is 0.0153. The van der Waals surface area contributed by atoms with E-state index in [1.54, 1.807) is 6.20 Å². The normalized spacial score (nSPS) is 20.1. The molecule has 0 N–H and O–H groups in total. The average molecular weight is 368 g/mol. The van der Waals surface area contributed by atoms with E-state index >= 15 is 0 Å². The van der Waals surface area contributed by atoms with Gasteiger partial charge in [0.1, 0.15) is 6.10 Å². The number of carbonyl (C=O) groups is 2. The lowest BCUT2D eigenvalue weighted by Crippen LogP contribution is -2.52. The fourth-order valence-electron chi connectivity index (χ4n) is 3.67. The molecule has 0 saturated carbocycles. The summed E-state index contributed by atoms with van der Waals surface area (Å²) in [5, 5.41) is 4.21. The highest BCUT2D eigenvalue weighted by molar-refractivity contribution is 5.94. The third-order valence-corrected chi connectivity index (χ3v) is 5.16. The van der Waals surface area contributed by atoms with Gasteiger partial charge in [0, 0.05) is 50.7 Å². The van der Waals surface area contributed by atoms with Crippen molar-refractivity contribution in [3.05, 3.63) is 53.9 Å². The molecule has 1 aromatic heterocycles. The minimum atomic E-state index is -0.286. The lowest BCUT2D eigenvalue weighted by atomic mass is 10.1. The average Bonchev–Trinajstić information content (AvgIpc) is 3.41. The first-order chi connectivity index (χ1) is 13.2. The molecule has 7 heteroatoms. The number of rotatable bonds is 4. The molecule has 0 spiro atoms. The lowest BCUT2D eigenvalue weighted by Gasteiger charge is -2.35. The van der Waals surface area contributed by atoms with Crippen LogP contribution < -0.4 is 0 Å². The summed E-state index contributed by atoms with van der Waals surface area (Å²) < 4.78 is 7.32. The van der Waals surface area contributed by atoms with Crippen LogP contribution >= 0.6 is 0 Å². The van der Waals surface area contributed by atoms with Crippen molar-refractivity contribution in [3.63, 3.8) is 0 Å². The van der Waals surface area contributed by atoms with Crippen LogP contribution in [-0.2, 0) is 16.1 Å². The van der Waals surface area contributed by atoms with Crippen LogP contribution in [0.3, 0.4) is 0 Å². The maximum absolute atomic E-state index is 12.9. The van der Waals surface area contributed by atoms with Crippen molar-refractivity contribution in [1.82, 2.24) is 19.6 Å². The Morgan fingerprint density at radius 1 is 1.11 bits per heavy atom. The van der Waals surface area contributed by atoms with Crippen molar-refractivity contribution < 1.29 is 14.3 Å². The van der Waals surface area contributed by atoms with Crippen molar-refractivity contribution >= 4 is 11.8 Å². The Labute approximate surface area is 158 Å². The van der Waals surface area contributed by atoms with Gasteiger partial charge in [-0.15, -0.1) is 0 Å². The Balaban J connectivity index is 1.35. The Morgan fingerprint density at radius 3 is 2.63 bits per heavy atom. The number of ether oxygens (including phenoxy) is 1. The SMILES string of the molecule is O=C(c1cccc(Cn2cccn2)c1)N1CCN(C(=O)[C@H]2CCCO2)CC1. The zero-order valence-corrected chi connectivity index (χ0v) is 15.3. The van der Waals surface area contributed by atoms with Crippen LogP contribution in [0.25, 0.3) is 0 Å². The Hall–Kier alpha value is -2.67. The van der Waals surface area contributed by atoms with Crippen LogP contribution in [0, 0.1) is 0 Å². The summed E-state index contributed by atoms with van der Waals surface area (Å²) in [6.07, 6.45) is 5.11. The maximum atomic E-state index is 12.9. The topological polar surface area (TPSA) is 67.7 Å². The van der Waals surface area contributed by atoms with E-state index in [-0.39, 0.29) is 17.9 Å². The largest absolute Gasteiger partial charge is 0.368 e. The quantitative estimate of drug-likeness (QED) is 0.818. The van der Waals surface area contributed by atoms with Crippen LogP contribution in [0.15, 0.2) is 42.7 Å². The van der Waals surface area contributed by atoms with Gasteiger partial charge in [-0.25, -0.2) is 0 Å². The monoisotopic (exact) mass is 368 g/mol. The van der Waals surface area contributed by atoms with Gasteiger partial charge in [0.2, 0.25) is 0 Å². The van der Waals surface area contributed by atoms with E-state index in [9.17, 15) is 9.59 Å². The molecule has 0 bridgehead atoms. The highest BCUT2D eigenvalue weighted by Gasteiger charge is 2.31. The zero-order valence-electron chi connectivity index (χ0n) is 15.3. The van der Waals surface area contributed by atoms with E-state index in [0.29, 0.717) is 44.9 Å². The predicted molar refractivity (Wildman–Crippen MR) is 99.2 cm³/mol. The number of piperazine rings is 1. The molecule has 2 aliphatic rings. The number of amides is 2. The molecule has 4 rings (SSSR count). The minimum Gasteiger partial charge on any atom is -0.368 e. The van der Waals surface area contributed by atoms with E-state index in [4.69, 9.17) is 4.74 Å². The fraction of sp³-hybridized carbons (Fsp3) is 0.450. The van der Waals surface area contributed by atoms with E-state index in [2.05, 4.69) is 5.10 Å². The van der Waals surface area contributed by atoms with Gasteiger partial charge < -0.3 is 14.5 Å². The first kappa shape index (κ1) is 17.7. The summed E-state index contributed by atoms with van der Waals surface area (Å²) >= 11 is 0.